The van der Waals surface area contributed by atoms with Gasteiger partial charge < -0.3 is 5.73 Å². The van der Waals surface area contributed by atoms with E-state index in [2.05, 4.69) is 45.9 Å². The first-order chi connectivity index (χ1) is 6.42. The number of hydrogen-bond donors (Lipinski definition) is 1. The third-order valence-electron chi connectivity index (χ3n) is 1.86. The van der Waals surface area contributed by atoms with Crippen LogP contribution in [0.25, 0.3) is 0 Å². The van der Waals surface area contributed by atoms with Crippen LogP contribution in [-0.4, -0.2) is 4.75 Å². The molecule has 0 unspecified atom stereocenters. The molecule has 0 saturated carbocycles. The lowest BCUT2D eigenvalue weighted by Crippen LogP contribution is -2.09. The van der Waals surface area contributed by atoms with E-state index in [4.69, 9.17) is 5.73 Å². The first kappa shape index (κ1) is 11.6. The van der Waals surface area contributed by atoms with Gasteiger partial charge in [0.25, 0.3) is 0 Å². The number of rotatable bonds is 2. The van der Waals surface area contributed by atoms with Crippen molar-refractivity contribution < 1.29 is 0 Å². The minimum atomic E-state index is 0.248. The van der Waals surface area contributed by atoms with E-state index in [1.165, 1.54) is 16.0 Å². The molecule has 0 aliphatic carbocycles. The summed E-state index contributed by atoms with van der Waals surface area (Å²) in [6.45, 7) is 9.41. The molecule has 1 rings (SSSR count). The fourth-order valence-electron chi connectivity index (χ4n) is 1.26. The molecule has 1 aromatic rings. The molecule has 0 fully saturated rings. The lowest BCUT2D eigenvalue weighted by Gasteiger charge is -2.19. The quantitative estimate of drug-likeness (QED) is 0.756. The van der Waals surface area contributed by atoms with E-state index < -0.39 is 0 Å². The molecule has 0 aromatic heterocycles. The standard InChI is InChI=1S/C12H19NS/c1-9-5-6-10(8-13)11(7-9)14-12(2,3)4/h5-7H,8,13H2,1-4H3. The van der Waals surface area contributed by atoms with Crippen LogP contribution in [0.1, 0.15) is 31.9 Å². The highest BCUT2D eigenvalue weighted by Gasteiger charge is 2.14. The fourth-order valence-corrected chi connectivity index (χ4v) is 2.44. The average Bonchev–Trinajstić information content (AvgIpc) is 2.01. The molecule has 14 heavy (non-hydrogen) atoms. The smallest absolute Gasteiger partial charge is 0.0189 e. The molecule has 1 nitrogen and oxygen atoms in total. The largest absolute Gasteiger partial charge is 0.326 e. The average molecular weight is 209 g/mol. The normalized spacial score (nSPS) is 11.8. The summed E-state index contributed by atoms with van der Waals surface area (Å²) >= 11 is 1.89. The zero-order valence-corrected chi connectivity index (χ0v) is 10.2. The molecule has 2 heteroatoms. The van der Waals surface area contributed by atoms with Gasteiger partial charge in [-0.1, -0.05) is 32.9 Å². The van der Waals surface area contributed by atoms with Crippen molar-refractivity contribution >= 4 is 11.8 Å². The van der Waals surface area contributed by atoms with Crippen molar-refractivity contribution in [2.24, 2.45) is 5.73 Å². The van der Waals surface area contributed by atoms with Crippen molar-refractivity contribution in [1.82, 2.24) is 0 Å². The molecule has 0 heterocycles. The van der Waals surface area contributed by atoms with Gasteiger partial charge in [-0.25, -0.2) is 0 Å². The van der Waals surface area contributed by atoms with E-state index >= 15 is 0 Å². The monoisotopic (exact) mass is 209 g/mol. The molecule has 0 saturated heterocycles. The maximum absolute atomic E-state index is 5.71. The maximum atomic E-state index is 5.71. The van der Waals surface area contributed by atoms with Crippen LogP contribution in [0.3, 0.4) is 0 Å². The number of thioether (sulfide) groups is 1. The predicted molar refractivity (Wildman–Crippen MR) is 64.7 cm³/mol. The second-order valence-electron chi connectivity index (χ2n) is 4.53. The molecule has 0 radical (unpaired) electrons. The molecule has 0 aliphatic heterocycles. The number of hydrogen-bond acceptors (Lipinski definition) is 2. The maximum Gasteiger partial charge on any atom is 0.0189 e. The van der Waals surface area contributed by atoms with Crippen LogP contribution in [-0.2, 0) is 6.54 Å². The second kappa shape index (κ2) is 4.37. The molecule has 0 spiro atoms. The van der Waals surface area contributed by atoms with Crippen LogP contribution in [0.5, 0.6) is 0 Å². The Morgan fingerprint density at radius 2 is 1.93 bits per heavy atom. The summed E-state index contributed by atoms with van der Waals surface area (Å²) < 4.78 is 0.248. The highest BCUT2D eigenvalue weighted by molar-refractivity contribution is 8.00. The molecular formula is C12H19NS. The summed E-state index contributed by atoms with van der Waals surface area (Å²) in [5.41, 5.74) is 8.25. The second-order valence-corrected chi connectivity index (χ2v) is 6.40. The Balaban J connectivity index is 2.99. The Morgan fingerprint density at radius 1 is 1.29 bits per heavy atom. The molecule has 1 aromatic carbocycles. The minimum Gasteiger partial charge on any atom is -0.326 e. The Labute approximate surface area is 91.1 Å². The van der Waals surface area contributed by atoms with Gasteiger partial charge in [0, 0.05) is 16.2 Å². The van der Waals surface area contributed by atoms with Gasteiger partial charge in [-0.15, -0.1) is 11.8 Å². The summed E-state index contributed by atoms with van der Waals surface area (Å²) in [4.78, 5) is 1.32. The summed E-state index contributed by atoms with van der Waals surface area (Å²) in [7, 11) is 0. The van der Waals surface area contributed by atoms with Crippen LogP contribution in [0.15, 0.2) is 23.1 Å². The zero-order chi connectivity index (χ0) is 10.8. The van der Waals surface area contributed by atoms with Crippen molar-refractivity contribution in [3.8, 4) is 0 Å². The number of benzene rings is 1. The van der Waals surface area contributed by atoms with Crippen molar-refractivity contribution in [3.05, 3.63) is 29.3 Å². The lowest BCUT2D eigenvalue weighted by molar-refractivity contribution is 0.801. The van der Waals surface area contributed by atoms with E-state index in [-0.39, 0.29) is 4.75 Å². The third-order valence-corrected chi connectivity index (χ3v) is 3.07. The van der Waals surface area contributed by atoms with E-state index in [0.29, 0.717) is 6.54 Å². The van der Waals surface area contributed by atoms with Crippen LogP contribution in [0.2, 0.25) is 0 Å². The van der Waals surface area contributed by atoms with Gasteiger partial charge in [0.1, 0.15) is 0 Å². The molecule has 2 N–H and O–H groups in total. The molecule has 0 aliphatic rings. The van der Waals surface area contributed by atoms with Gasteiger partial charge in [0.15, 0.2) is 0 Å². The Bertz CT molecular complexity index is 313. The van der Waals surface area contributed by atoms with Crippen molar-refractivity contribution in [2.45, 2.75) is 43.9 Å². The highest BCUT2D eigenvalue weighted by atomic mass is 32.2. The Kier molecular flexibility index (Phi) is 3.62. The Hall–Kier alpha value is -0.470. The number of nitrogens with two attached hydrogens (primary N) is 1. The third kappa shape index (κ3) is 3.35. The van der Waals surface area contributed by atoms with Crippen molar-refractivity contribution in [1.29, 1.82) is 0 Å². The van der Waals surface area contributed by atoms with Gasteiger partial charge in [0.2, 0.25) is 0 Å². The van der Waals surface area contributed by atoms with Crippen molar-refractivity contribution in [3.63, 3.8) is 0 Å². The fraction of sp³-hybridized carbons (Fsp3) is 0.500. The van der Waals surface area contributed by atoms with Gasteiger partial charge in [-0.2, -0.15) is 0 Å². The van der Waals surface area contributed by atoms with Gasteiger partial charge in [-0.05, 0) is 24.1 Å². The molecular weight excluding hydrogens is 190 g/mol. The van der Waals surface area contributed by atoms with E-state index in [0.717, 1.165) is 0 Å². The van der Waals surface area contributed by atoms with Gasteiger partial charge >= 0.3 is 0 Å². The van der Waals surface area contributed by atoms with Gasteiger partial charge in [0.05, 0.1) is 0 Å². The predicted octanol–water partition coefficient (Wildman–Crippen LogP) is 3.34. The Morgan fingerprint density at radius 3 is 2.43 bits per heavy atom. The molecule has 0 bridgehead atoms. The van der Waals surface area contributed by atoms with Crippen molar-refractivity contribution in [2.75, 3.05) is 0 Å². The number of aryl methyl sites for hydroxylation is 1. The highest BCUT2D eigenvalue weighted by Crippen LogP contribution is 2.34. The van der Waals surface area contributed by atoms with Crippen LogP contribution >= 0.6 is 11.8 Å². The molecule has 78 valence electrons. The van der Waals surface area contributed by atoms with Crippen LogP contribution < -0.4 is 5.73 Å². The van der Waals surface area contributed by atoms with E-state index in [1.807, 2.05) is 11.8 Å². The summed E-state index contributed by atoms with van der Waals surface area (Å²) in [5, 5.41) is 0. The topological polar surface area (TPSA) is 26.0 Å². The van der Waals surface area contributed by atoms with Crippen LogP contribution in [0, 0.1) is 6.92 Å². The first-order valence-electron chi connectivity index (χ1n) is 4.91. The summed E-state index contributed by atoms with van der Waals surface area (Å²) in [5.74, 6) is 0. The zero-order valence-electron chi connectivity index (χ0n) is 9.42. The lowest BCUT2D eigenvalue weighted by atomic mass is 10.1. The summed E-state index contributed by atoms with van der Waals surface area (Å²) in [6, 6.07) is 6.47. The van der Waals surface area contributed by atoms with Gasteiger partial charge in [-0.3, -0.25) is 0 Å². The SMILES string of the molecule is Cc1ccc(CN)c(SC(C)(C)C)c1. The van der Waals surface area contributed by atoms with Crippen LogP contribution in [0.4, 0.5) is 0 Å². The van der Waals surface area contributed by atoms with E-state index in [9.17, 15) is 0 Å². The minimum absolute atomic E-state index is 0.248. The first-order valence-corrected chi connectivity index (χ1v) is 5.72. The summed E-state index contributed by atoms with van der Waals surface area (Å²) in [6.07, 6.45) is 0. The van der Waals surface area contributed by atoms with E-state index in [1.54, 1.807) is 0 Å². The molecule has 0 atom stereocenters. The molecule has 0 amide bonds.